The molecule has 0 radical (unpaired) electrons. The third-order valence-corrected chi connectivity index (χ3v) is 6.22. The number of aromatic hydroxyl groups is 1. The highest BCUT2D eigenvalue weighted by atomic mass is 16.7. The van der Waals surface area contributed by atoms with Gasteiger partial charge in [0.25, 0.3) is 0 Å². The highest BCUT2D eigenvalue weighted by molar-refractivity contribution is 5.91. The number of aliphatic hydroxyl groups is 4. The molecule has 2 aromatic rings. The molecule has 0 aliphatic carbocycles. The van der Waals surface area contributed by atoms with Gasteiger partial charge in [0, 0.05) is 0 Å². The number of esters is 1. The second-order valence-electron chi connectivity index (χ2n) is 9.05. The van der Waals surface area contributed by atoms with Crippen LogP contribution in [-0.4, -0.2) is 108 Å². The topological polar surface area (TPSA) is 211 Å². The van der Waals surface area contributed by atoms with E-state index in [1.165, 1.54) is 45.6 Å². The van der Waals surface area contributed by atoms with Crippen LogP contribution < -0.4 is 18.9 Å². The fraction of sp³-hybridized carbons (Fsp3) is 0.500. The molecule has 0 aromatic heterocycles. The Labute approximate surface area is 242 Å². The van der Waals surface area contributed by atoms with E-state index in [0.717, 1.165) is 19.3 Å². The summed E-state index contributed by atoms with van der Waals surface area (Å²) in [6, 6.07) is 6.97. The van der Waals surface area contributed by atoms with Crippen molar-refractivity contribution in [3.8, 4) is 28.7 Å². The first-order valence-corrected chi connectivity index (χ1v) is 13.0. The zero-order valence-electron chi connectivity index (χ0n) is 23.8. The van der Waals surface area contributed by atoms with Gasteiger partial charge < -0.3 is 59.1 Å². The van der Waals surface area contributed by atoms with Crippen molar-refractivity contribution in [2.75, 3.05) is 34.5 Å². The van der Waals surface area contributed by atoms with Crippen molar-refractivity contribution < 1.29 is 68.6 Å². The number of carboxylic acids is 1. The van der Waals surface area contributed by atoms with Gasteiger partial charge in [0.2, 0.25) is 5.75 Å². The van der Waals surface area contributed by atoms with Crippen molar-refractivity contribution in [1.29, 1.82) is 0 Å². The number of rotatable bonds is 12. The maximum absolute atomic E-state index is 12.3. The van der Waals surface area contributed by atoms with Gasteiger partial charge in [-0.25, -0.2) is 9.59 Å². The Balaban J connectivity index is 0.000000317. The van der Waals surface area contributed by atoms with Crippen molar-refractivity contribution in [3.63, 3.8) is 0 Å². The number of carboxylic acid groups (broad SMARTS) is 1. The van der Waals surface area contributed by atoms with E-state index < -0.39 is 49.3 Å². The van der Waals surface area contributed by atoms with Crippen LogP contribution in [0, 0.1) is 0 Å². The minimum Gasteiger partial charge on any atom is -0.502 e. The number of aliphatic hydroxyl groups excluding tert-OH is 4. The number of unbranched alkanes of at least 4 members (excludes halogenated alkanes) is 2. The zero-order chi connectivity index (χ0) is 31.4. The third kappa shape index (κ3) is 8.84. The van der Waals surface area contributed by atoms with E-state index in [0.29, 0.717) is 18.1 Å². The molecule has 5 unspecified atom stereocenters. The van der Waals surface area contributed by atoms with Gasteiger partial charge in [-0.05, 0) is 36.8 Å². The van der Waals surface area contributed by atoms with Crippen molar-refractivity contribution in [2.24, 2.45) is 0 Å². The molecule has 0 spiro atoms. The molecule has 2 aromatic carbocycles. The van der Waals surface area contributed by atoms with E-state index >= 15 is 0 Å². The molecule has 42 heavy (non-hydrogen) atoms. The molecule has 1 fully saturated rings. The smallest absolute Gasteiger partial charge is 0.338 e. The van der Waals surface area contributed by atoms with Crippen molar-refractivity contribution in [3.05, 3.63) is 41.5 Å². The first-order chi connectivity index (χ1) is 20.0. The zero-order valence-corrected chi connectivity index (χ0v) is 23.8. The van der Waals surface area contributed by atoms with Gasteiger partial charge in [0.15, 0.2) is 35.4 Å². The Bertz CT molecular complexity index is 1140. The van der Waals surface area contributed by atoms with Crippen LogP contribution in [-0.2, 0) is 9.47 Å². The lowest BCUT2D eigenvalue weighted by atomic mass is 9.99. The highest BCUT2D eigenvalue weighted by Crippen LogP contribution is 2.37. The number of carbonyl (C=O) groups excluding carboxylic acids is 1. The number of hydrogen-bond acceptors (Lipinski definition) is 13. The van der Waals surface area contributed by atoms with E-state index in [1.807, 2.05) is 0 Å². The predicted octanol–water partition coefficient (Wildman–Crippen LogP) is 1.33. The summed E-state index contributed by atoms with van der Waals surface area (Å²) in [4.78, 5) is 23.1. The summed E-state index contributed by atoms with van der Waals surface area (Å²) in [7, 11) is 4.05. The molecule has 3 rings (SSSR count). The lowest BCUT2D eigenvalue weighted by molar-refractivity contribution is -0.285. The molecule has 14 heteroatoms. The first kappa shape index (κ1) is 34.4. The Kier molecular flexibility index (Phi) is 13.6. The standard InChI is InChI=1S/C15H20O10.C13H18O4/c1-22-7-3-6(4-8(23-2)10(7)17)14(20)25-13-12(19)11(18)9(5-16)24-15(13)21;1-3-4-5-8-17-11-7-6-10(13(14)15)9-12(11)16-2/h3-4,9,11-13,15-19,21H,5H2,1-2H3;6-7,9H,3-5,8H2,1-2H3,(H,14,15). The number of ether oxygens (including phenoxy) is 6. The van der Waals surface area contributed by atoms with Crippen LogP contribution in [0.25, 0.3) is 0 Å². The molecule has 14 nitrogen and oxygen atoms in total. The summed E-state index contributed by atoms with van der Waals surface area (Å²) in [5.74, 6) is -1.32. The maximum atomic E-state index is 12.3. The summed E-state index contributed by atoms with van der Waals surface area (Å²) in [6.45, 7) is 2.11. The Morgan fingerprint density at radius 2 is 1.45 bits per heavy atom. The number of methoxy groups -OCH3 is 3. The van der Waals surface area contributed by atoms with Crippen molar-refractivity contribution in [1.82, 2.24) is 0 Å². The van der Waals surface area contributed by atoms with Gasteiger partial charge in [-0.15, -0.1) is 0 Å². The predicted molar refractivity (Wildman–Crippen MR) is 145 cm³/mol. The van der Waals surface area contributed by atoms with E-state index in [1.54, 1.807) is 6.07 Å². The third-order valence-electron chi connectivity index (χ3n) is 6.22. The van der Waals surface area contributed by atoms with Gasteiger partial charge in [0.1, 0.15) is 18.3 Å². The molecule has 0 amide bonds. The molecular formula is C28H38O14. The second kappa shape index (κ2) is 16.6. The lowest BCUT2D eigenvalue weighted by Crippen LogP contribution is -2.59. The molecule has 234 valence electrons. The van der Waals surface area contributed by atoms with Crippen LogP contribution >= 0.6 is 0 Å². The van der Waals surface area contributed by atoms with Crippen molar-refractivity contribution in [2.45, 2.75) is 56.9 Å². The van der Waals surface area contributed by atoms with Crippen LogP contribution in [0.5, 0.6) is 28.7 Å². The van der Waals surface area contributed by atoms with Gasteiger partial charge in [-0.2, -0.15) is 0 Å². The average Bonchev–Trinajstić information content (AvgIpc) is 2.99. The van der Waals surface area contributed by atoms with E-state index in [4.69, 9.17) is 38.6 Å². The normalized spacial score (nSPS) is 21.4. The SMILES string of the molecule is CCCCCOc1ccc(C(=O)O)cc1OC.COc1cc(C(=O)OC2C(O)OC(CO)C(O)C2O)cc(OC)c1O. The lowest BCUT2D eigenvalue weighted by Gasteiger charge is -2.39. The molecule has 6 N–H and O–H groups in total. The quantitative estimate of drug-likeness (QED) is 0.150. The minimum atomic E-state index is -1.75. The molecule has 1 heterocycles. The summed E-state index contributed by atoms with van der Waals surface area (Å²) in [5.41, 5.74) is 0.104. The van der Waals surface area contributed by atoms with Crippen LogP contribution in [0.4, 0.5) is 0 Å². The second-order valence-corrected chi connectivity index (χ2v) is 9.05. The number of hydrogen-bond donors (Lipinski definition) is 6. The van der Waals surface area contributed by atoms with Crippen LogP contribution in [0.2, 0.25) is 0 Å². The average molecular weight is 599 g/mol. The molecule has 1 saturated heterocycles. The summed E-state index contributed by atoms with van der Waals surface area (Å²) in [6.07, 6.45) is -4.54. The molecular weight excluding hydrogens is 560 g/mol. The monoisotopic (exact) mass is 598 g/mol. The van der Waals surface area contributed by atoms with E-state index in [2.05, 4.69) is 6.92 Å². The van der Waals surface area contributed by atoms with Gasteiger partial charge in [0.05, 0.1) is 45.7 Å². The van der Waals surface area contributed by atoms with E-state index in [9.17, 15) is 30.0 Å². The molecule has 5 atom stereocenters. The number of phenolic OH excluding ortho intramolecular Hbond substituents is 1. The first-order valence-electron chi connectivity index (χ1n) is 13.0. The van der Waals surface area contributed by atoms with Crippen molar-refractivity contribution >= 4 is 11.9 Å². The summed E-state index contributed by atoms with van der Waals surface area (Å²) < 4.78 is 30.4. The number of benzene rings is 2. The van der Waals surface area contributed by atoms with Gasteiger partial charge in [-0.1, -0.05) is 19.8 Å². The molecule has 1 aliphatic rings. The highest BCUT2D eigenvalue weighted by Gasteiger charge is 2.46. The van der Waals surface area contributed by atoms with Crippen LogP contribution in [0.15, 0.2) is 30.3 Å². The fourth-order valence-electron chi connectivity index (χ4n) is 3.86. The van der Waals surface area contributed by atoms with Crippen LogP contribution in [0.3, 0.4) is 0 Å². The number of carbonyl (C=O) groups is 2. The van der Waals surface area contributed by atoms with Gasteiger partial charge in [-0.3, -0.25) is 0 Å². The Morgan fingerprint density at radius 3 is 1.98 bits per heavy atom. The maximum Gasteiger partial charge on any atom is 0.338 e. The number of aromatic carboxylic acids is 1. The van der Waals surface area contributed by atoms with Gasteiger partial charge >= 0.3 is 11.9 Å². The Hall–Kier alpha value is -3.82. The molecule has 0 saturated carbocycles. The summed E-state index contributed by atoms with van der Waals surface area (Å²) >= 11 is 0. The summed E-state index contributed by atoms with van der Waals surface area (Å²) in [5, 5.41) is 57.3. The molecule has 1 aliphatic heterocycles. The fourth-order valence-corrected chi connectivity index (χ4v) is 3.86. The molecule has 0 bridgehead atoms. The minimum absolute atomic E-state index is 0.0485. The van der Waals surface area contributed by atoms with E-state index in [-0.39, 0.29) is 28.4 Å². The largest absolute Gasteiger partial charge is 0.502 e. The Morgan fingerprint density at radius 1 is 0.857 bits per heavy atom. The number of phenols is 1. The van der Waals surface area contributed by atoms with Crippen LogP contribution in [0.1, 0.15) is 46.9 Å².